The second kappa shape index (κ2) is 52.2. The zero-order valence-electron chi connectivity index (χ0n) is 41.8. The van der Waals surface area contributed by atoms with Crippen LogP contribution < -0.4 is 0 Å². The average Bonchev–Trinajstić information content (AvgIpc) is 3.29. The quantitative estimate of drug-likeness (QED) is 0.0262. The van der Waals surface area contributed by atoms with Crippen molar-refractivity contribution >= 4 is 17.9 Å². The second-order valence-electron chi connectivity index (χ2n) is 17.4. The van der Waals surface area contributed by atoms with Crippen LogP contribution in [0.4, 0.5) is 0 Å². The third-order valence-corrected chi connectivity index (χ3v) is 11.2. The molecule has 0 fully saturated rings. The molecule has 0 spiro atoms. The van der Waals surface area contributed by atoms with E-state index in [2.05, 4.69) is 106 Å². The molecule has 0 rings (SSSR count). The van der Waals surface area contributed by atoms with Crippen molar-refractivity contribution in [3.05, 3.63) is 85.1 Å². The number of carbonyl (C=O) groups is 3. The molecule has 64 heavy (non-hydrogen) atoms. The van der Waals surface area contributed by atoms with Crippen LogP contribution in [0.3, 0.4) is 0 Å². The van der Waals surface area contributed by atoms with Crippen LogP contribution in [0.25, 0.3) is 0 Å². The number of hydrogen-bond acceptors (Lipinski definition) is 6. The van der Waals surface area contributed by atoms with Gasteiger partial charge in [-0.1, -0.05) is 241 Å². The van der Waals surface area contributed by atoms with Gasteiger partial charge in [0, 0.05) is 19.3 Å². The van der Waals surface area contributed by atoms with Gasteiger partial charge in [-0.15, -0.1) is 0 Å². The summed E-state index contributed by atoms with van der Waals surface area (Å²) < 4.78 is 16.7. The van der Waals surface area contributed by atoms with Crippen LogP contribution in [0.5, 0.6) is 0 Å². The van der Waals surface area contributed by atoms with Gasteiger partial charge in [-0.3, -0.25) is 14.4 Å². The first-order chi connectivity index (χ1) is 31.5. The Morgan fingerprint density at radius 2 is 0.609 bits per heavy atom. The molecule has 0 bridgehead atoms. The number of unbranched alkanes of at least 4 members (excludes halogenated alkanes) is 22. The minimum atomic E-state index is -0.794. The summed E-state index contributed by atoms with van der Waals surface area (Å²) >= 11 is 0. The Morgan fingerprint density at radius 3 is 0.953 bits per heavy atom. The van der Waals surface area contributed by atoms with Crippen molar-refractivity contribution in [2.24, 2.45) is 0 Å². The first-order valence-electron chi connectivity index (χ1n) is 26.6. The molecule has 1 atom stereocenters. The van der Waals surface area contributed by atoms with E-state index in [9.17, 15) is 14.4 Å². The highest BCUT2D eigenvalue weighted by molar-refractivity contribution is 5.71. The van der Waals surface area contributed by atoms with Crippen LogP contribution >= 0.6 is 0 Å². The smallest absolute Gasteiger partial charge is 0.306 e. The summed E-state index contributed by atoms with van der Waals surface area (Å²) in [5, 5.41) is 0. The van der Waals surface area contributed by atoms with E-state index in [1.54, 1.807) is 0 Å². The Morgan fingerprint density at radius 1 is 0.328 bits per heavy atom. The number of rotatable bonds is 47. The molecule has 0 aromatic heterocycles. The van der Waals surface area contributed by atoms with Gasteiger partial charge in [0.1, 0.15) is 13.2 Å². The van der Waals surface area contributed by atoms with Crippen molar-refractivity contribution in [2.75, 3.05) is 13.2 Å². The fourth-order valence-corrected chi connectivity index (χ4v) is 7.20. The van der Waals surface area contributed by atoms with Gasteiger partial charge in [-0.25, -0.2) is 0 Å². The molecule has 0 aromatic rings. The highest BCUT2D eigenvalue weighted by atomic mass is 16.6. The summed E-state index contributed by atoms with van der Waals surface area (Å²) in [6.07, 6.45) is 67.5. The second-order valence-corrected chi connectivity index (χ2v) is 17.4. The van der Waals surface area contributed by atoms with Gasteiger partial charge in [0.2, 0.25) is 0 Å². The van der Waals surface area contributed by atoms with E-state index in [-0.39, 0.29) is 37.5 Å². The molecule has 0 aromatic carbocycles. The van der Waals surface area contributed by atoms with E-state index in [0.29, 0.717) is 19.3 Å². The van der Waals surface area contributed by atoms with Gasteiger partial charge in [-0.2, -0.15) is 0 Å². The fraction of sp³-hybridized carbons (Fsp3) is 0.707. The maximum Gasteiger partial charge on any atom is 0.306 e. The molecule has 0 aliphatic heterocycles. The van der Waals surface area contributed by atoms with Crippen molar-refractivity contribution in [3.8, 4) is 0 Å². The zero-order chi connectivity index (χ0) is 46.5. The van der Waals surface area contributed by atoms with Crippen LogP contribution in [0.1, 0.15) is 245 Å². The third-order valence-electron chi connectivity index (χ3n) is 11.2. The molecule has 0 amide bonds. The summed E-state index contributed by atoms with van der Waals surface area (Å²) in [4.78, 5) is 37.8. The van der Waals surface area contributed by atoms with Crippen molar-refractivity contribution in [2.45, 2.75) is 252 Å². The average molecular weight is 891 g/mol. The van der Waals surface area contributed by atoms with Crippen LogP contribution in [0.15, 0.2) is 85.1 Å². The Bertz CT molecular complexity index is 1250. The first kappa shape index (κ1) is 60.6. The molecular formula is C58H98O6. The Kier molecular flexibility index (Phi) is 49.4. The minimum Gasteiger partial charge on any atom is -0.462 e. The van der Waals surface area contributed by atoms with Crippen LogP contribution in [0.2, 0.25) is 0 Å². The summed E-state index contributed by atoms with van der Waals surface area (Å²) in [6.45, 7) is 6.42. The molecule has 0 radical (unpaired) electrons. The fourth-order valence-electron chi connectivity index (χ4n) is 7.20. The van der Waals surface area contributed by atoms with E-state index < -0.39 is 6.10 Å². The molecule has 0 N–H and O–H groups in total. The van der Waals surface area contributed by atoms with Crippen molar-refractivity contribution < 1.29 is 28.6 Å². The predicted octanol–water partition coefficient (Wildman–Crippen LogP) is 17.6. The van der Waals surface area contributed by atoms with Gasteiger partial charge in [0.25, 0.3) is 0 Å². The minimum absolute atomic E-state index is 0.0932. The molecular weight excluding hydrogens is 793 g/mol. The standard InChI is InChI=1S/C58H98O6/c1-4-7-10-13-16-18-20-22-24-26-27-28-29-30-31-33-34-36-38-40-42-45-48-51-57(60)63-54-55(53-62-56(59)50-47-44-15-12-9-6-3)64-58(61)52-49-46-43-41-39-37-35-32-25-23-21-19-17-14-11-8-5-2/h7,10,16,18,22,24,27-28,30-31,34,36,40,42,55H,4-6,8-9,11-15,17,19-21,23,25-26,29,32-33,35,37-39,41,43-54H2,1-3H3/b10-7-,18-16-,24-22-,28-27-,31-30-,36-34-,42-40-. The maximum absolute atomic E-state index is 12.8. The van der Waals surface area contributed by atoms with Gasteiger partial charge < -0.3 is 14.2 Å². The third kappa shape index (κ3) is 49.6. The molecule has 0 saturated heterocycles. The highest BCUT2D eigenvalue weighted by Crippen LogP contribution is 2.15. The van der Waals surface area contributed by atoms with Crippen LogP contribution in [-0.2, 0) is 28.6 Å². The zero-order valence-corrected chi connectivity index (χ0v) is 41.8. The van der Waals surface area contributed by atoms with Crippen LogP contribution in [-0.4, -0.2) is 37.2 Å². The van der Waals surface area contributed by atoms with E-state index in [4.69, 9.17) is 14.2 Å². The summed E-state index contributed by atoms with van der Waals surface area (Å²) in [7, 11) is 0. The van der Waals surface area contributed by atoms with Crippen LogP contribution in [0, 0.1) is 0 Å². The number of hydrogen-bond donors (Lipinski definition) is 0. The summed E-state index contributed by atoms with van der Waals surface area (Å²) in [6, 6.07) is 0. The molecule has 0 aliphatic carbocycles. The lowest BCUT2D eigenvalue weighted by Gasteiger charge is -2.18. The first-order valence-corrected chi connectivity index (χ1v) is 26.6. The Labute approximate surface area is 395 Å². The number of carbonyl (C=O) groups excluding carboxylic acids is 3. The largest absolute Gasteiger partial charge is 0.462 e. The maximum atomic E-state index is 12.8. The molecule has 0 aliphatic rings. The highest BCUT2D eigenvalue weighted by Gasteiger charge is 2.19. The Balaban J connectivity index is 4.30. The molecule has 1 unspecified atom stereocenters. The number of esters is 3. The van der Waals surface area contributed by atoms with Crippen molar-refractivity contribution in [3.63, 3.8) is 0 Å². The van der Waals surface area contributed by atoms with E-state index in [1.165, 1.54) is 109 Å². The lowest BCUT2D eigenvalue weighted by Crippen LogP contribution is -2.30. The van der Waals surface area contributed by atoms with E-state index in [0.717, 1.165) is 89.9 Å². The molecule has 366 valence electrons. The number of allylic oxidation sites excluding steroid dienone is 14. The molecule has 0 saturated carbocycles. The van der Waals surface area contributed by atoms with Crippen molar-refractivity contribution in [1.29, 1.82) is 0 Å². The lowest BCUT2D eigenvalue weighted by molar-refractivity contribution is -0.167. The topological polar surface area (TPSA) is 78.9 Å². The predicted molar refractivity (Wildman–Crippen MR) is 274 cm³/mol. The Hall–Kier alpha value is -3.41. The summed E-state index contributed by atoms with van der Waals surface area (Å²) in [5.74, 6) is -0.962. The van der Waals surface area contributed by atoms with Gasteiger partial charge in [-0.05, 0) is 70.6 Å². The molecule has 6 nitrogen and oxygen atoms in total. The van der Waals surface area contributed by atoms with E-state index >= 15 is 0 Å². The normalized spacial score (nSPS) is 12.7. The number of ether oxygens (including phenoxy) is 3. The molecule has 6 heteroatoms. The van der Waals surface area contributed by atoms with Gasteiger partial charge in [0.15, 0.2) is 6.10 Å². The molecule has 0 heterocycles. The SMILES string of the molecule is CC/C=C\C/C=C\C/C=C\C/C=C\C/C=C\C/C=C\C/C=C\CCCC(=O)OCC(COC(=O)CCCCCCCC)OC(=O)CCCCCCCCCCCCCCCCCCC. The van der Waals surface area contributed by atoms with E-state index in [1.807, 2.05) is 0 Å². The van der Waals surface area contributed by atoms with Crippen molar-refractivity contribution in [1.82, 2.24) is 0 Å². The monoisotopic (exact) mass is 891 g/mol. The van der Waals surface area contributed by atoms with Gasteiger partial charge >= 0.3 is 17.9 Å². The van der Waals surface area contributed by atoms with Gasteiger partial charge in [0.05, 0.1) is 0 Å². The summed E-state index contributed by atoms with van der Waals surface area (Å²) in [5.41, 5.74) is 0. The lowest BCUT2D eigenvalue weighted by atomic mass is 10.0.